The van der Waals surface area contributed by atoms with Gasteiger partial charge in [0.1, 0.15) is 5.78 Å². The Hall–Kier alpha value is -3.66. The highest BCUT2D eigenvalue weighted by molar-refractivity contribution is 8.00. The number of benzene rings is 1. The summed E-state index contributed by atoms with van der Waals surface area (Å²) in [6, 6.07) is 7.71. The Bertz CT molecular complexity index is 1800. The average Bonchev–Trinajstić information content (AvgIpc) is 3.90. The minimum Gasteiger partial charge on any atom is -0.388 e. The fourth-order valence-electron chi connectivity index (χ4n) is 10.3. The van der Waals surface area contributed by atoms with Crippen LogP contribution in [-0.4, -0.2) is 149 Å². The standard InChI is InChI=1S/C52H84N4O10S/c1-14-34(6)48(42(65-11)30-45(60)55-27-21-24-39(55)50(66-12)36(8)40(57)28-35(7)49(62)37-22-17-15-18-23-37)54(10)51(63)38(32(2)3)29-41(58)47(33(4)5)53(9)44(59)25-19-16-20-26-56-46(61)31-43(67-13)52(56)64/h15,17-18,22-23,32-36,38-39,42-43,47-50,62H,14,16,19-21,24-31H2,1-13H3/t34-,35?,36-,38-,39-,42+,43?,47-,48-,49+,50+/m0/s1. The van der Waals surface area contributed by atoms with Gasteiger partial charge in [-0.1, -0.05) is 98.6 Å². The molecule has 15 heteroatoms. The van der Waals surface area contributed by atoms with Crippen LogP contribution in [-0.2, 0) is 43.0 Å². The summed E-state index contributed by atoms with van der Waals surface area (Å²) in [7, 11) is 6.49. The van der Waals surface area contributed by atoms with Crippen LogP contribution in [0, 0.1) is 35.5 Å². The fraction of sp³-hybridized carbons (Fsp3) is 0.750. The van der Waals surface area contributed by atoms with Gasteiger partial charge in [-0.05, 0) is 61.2 Å². The molecular formula is C52H84N4O10S. The van der Waals surface area contributed by atoms with E-state index in [-0.39, 0.29) is 108 Å². The van der Waals surface area contributed by atoms with E-state index in [0.717, 1.165) is 12.0 Å². The fourth-order valence-corrected chi connectivity index (χ4v) is 10.9. The van der Waals surface area contributed by atoms with Gasteiger partial charge >= 0.3 is 0 Å². The summed E-state index contributed by atoms with van der Waals surface area (Å²) in [5.41, 5.74) is 0.755. The number of ether oxygens (including phenoxy) is 2. The van der Waals surface area contributed by atoms with Crippen molar-refractivity contribution in [2.75, 3.05) is 47.7 Å². The molecule has 5 amide bonds. The highest BCUT2D eigenvalue weighted by atomic mass is 32.2. The number of hydrogen-bond donors (Lipinski definition) is 1. The van der Waals surface area contributed by atoms with E-state index in [1.807, 2.05) is 92.0 Å². The molecule has 0 aromatic heterocycles. The van der Waals surface area contributed by atoms with Gasteiger partial charge in [-0.2, -0.15) is 11.8 Å². The maximum atomic E-state index is 14.7. The number of aliphatic hydroxyl groups is 1. The molecule has 11 atom stereocenters. The van der Waals surface area contributed by atoms with E-state index in [4.69, 9.17) is 9.47 Å². The zero-order chi connectivity index (χ0) is 50.3. The lowest BCUT2D eigenvalue weighted by Gasteiger charge is -2.41. The molecule has 3 rings (SSSR count). The number of unbranched alkanes of at least 4 members (excludes halogenated alkanes) is 2. The van der Waals surface area contributed by atoms with Crippen LogP contribution in [0.5, 0.6) is 0 Å². The Morgan fingerprint density at radius 2 is 1.49 bits per heavy atom. The van der Waals surface area contributed by atoms with Crippen LogP contribution in [0.1, 0.15) is 138 Å². The van der Waals surface area contributed by atoms with Gasteiger partial charge in [-0.25, -0.2) is 0 Å². The van der Waals surface area contributed by atoms with Crippen LogP contribution >= 0.6 is 11.8 Å². The summed E-state index contributed by atoms with van der Waals surface area (Å²) in [6.07, 6.45) is 4.26. The van der Waals surface area contributed by atoms with Crippen LogP contribution < -0.4 is 0 Å². The second-order valence-corrected chi connectivity index (χ2v) is 21.0. The number of likely N-dealkylation sites (tertiary alicyclic amines) is 2. The molecule has 67 heavy (non-hydrogen) atoms. The summed E-state index contributed by atoms with van der Waals surface area (Å²) in [6.45, 7) is 16.2. The minimum atomic E-state index is -0.792. The molecule has 2 fully saturated rings. The number of amides is 5. The summed E-state index contributed by atoms with van der Waals surface area (Å²) < 4.78 is 12.1. The van der Waals surface area contributed by atoms with E-state index in [1.165, 1.54) is 21.6 Å². The Kier molecular flexibility index (Phi) is 23.7. The molecule has 0 radical (unpaired) electrons. The number of aliphatic hydroxyl groups excluding tert-OH is 1. The summed E-state index contributed by atoms with van der Waals surface area (Å²) in [5, 5.41) is 10.6. The Morgan fingerprint density at radius 1 is 0.836 bits per heavy atom. The number of methoxy groups -OCH3 is 2. The first-order valence-electron chi connectivity index (χ1n) is 24.7. The van der Waals surface area contributed by atoms with E-state index >= 15 is 0 Å². The maximum absolute atomic E-state index is 14.7. The van der Waals surface area contributed by atoms with Crippen LogP contribution in [0.15, 0.2) is 30.3 Å². The van der Waals surface area contributed by atoms with Gasteiger partial charge in [0.25, 0.3) is 0 Å². The molecule has 0 bridgehead atoms. The van der Waals surface area contributed by atoms with Crippen molar-refractivity contribution in [1.29, 1.82) is 0 Å². The van der Waals surface area contributed by atoms with Crippen LogP contribution in [0.4, 0.5) is 0 Å². The normalized spacial score (nSPS) is 20.6. The molecule has 378 valence electrons. The van der Waals surface area contributed by atoms with Crippen molar-refractivity contribution in [2.45, 2.75) is 168 Å². The van der Waals surface area contributed by atoms with Gasteiger partial charge in [-0.3, -0.25) is 38.5 Å². The minimum absolute atomic E-state index is 0.000711. The second kappa shape index (κ2) is 27.5. The van der Waals surface area contributed by atoms with Crippen molar-refractivity contribution < 1.29 is 48.1 Å². The van der Waals surface area contributed by atoms with E-state index in [9.17, 15) is 38.7 Å². The average molecular weight is 957 g/mol. The third-order valence-corrected chi connectivity index (χ3v) is 15.6. The number of thioether (sulfide) groups is 1. The number of nitrogens with zero attached hydrogens (tertiary/aromatic N) is 4. The Balaban J connectivity index is 1.69. The number of carbonyl (C=O) groups is 7. The number of hydrogen-bond acceptors (Lipinski definition) is 11. The molecule has 2 heterocycles. The second-order valence-electron chi connectivity index (χ2n) is 19.9. The monoisotopic (exact) mass is 957 g/mol. The number of ketones is 2. The van der Waals surface area contributed by atoms with E-state index in [2.05, 4.69) is 0 Å². The number of carbonyl (C=O) groups excluding carboxylic acids is 7. The topological polar surface area (TPSA) is 171 Å². The molecule has 0 saturated carbocycles. The van der Waals surface area contributed by atoms with Gasteiger partial charge in [0.05, 0.1) is 48.1 Å². The third-order valence-electron chi connectivity index (χ3n) is 14.6. The van der Waals surface area contributed by atoms with Gasteiger partial charge in [0.2, 0.25) is 29.5 Å². The Labute approximate surface area is 406 Å². The lowest BCUT2D eigenvalue weighted by atomic mass is 9.83. The number of rotatable bonds is 29. The third kappa shape index (κ3) is 15.2. The van der Waals surface area contributed by atoms with Gasteiger partial charge < -0.3 is 29.3 Å². The van der Waals surface area contributed by atoms with E-state index in [1.54, 1.807) is 38.1 Å². The predicted octanol–water partition coefficient (Wildman–Crippen LogP) is 7.00. The number of likely N-dealkylation sites (N-methyl/N-ethyl adjacent to an activating group) is 2. The molecule has 2 aliphatic rings. The molecule has 2 aliphatic heterocycles. The van der Waals surface area contributed by atoms with Crippen molar-refractivity contribution in [3.05, 3.63) is 35.9 Å². The molecule has 2 unspecified atom stereocenters. The number of Topliss-reactive ketones (excluding diaryl/α,β-unsaturated/α-hetero) is 2. The smallest absolute Gasteiger partial charge is 0.242 e. The van der Waals surface area contributed by atoms with Crippen LogP contribution in [0.2, 0.25) is 0 Å². The Morgan fingerprint density at radius 3 is 2.04 bits per heavy atom. The van der Waals surface area contributed by atoms with Crippen LogP contribution in [0.25, 0.3) is 0 Å². The van der Waals surface area contributed by atoms with Crippen molar-refractivity contribution in [3.63, 3.8) is 0 Å². The zero-order valence-corrected chi connectivity index (χ0v) is 43.7. The number of imide groups is 1. The summed E-state index contributed by atoms with van der Waals surface area (Å²) in [5.74, 6) is -3.11. The molecule has 14 nitrogen and oxygen atoms in total. The quantitative estimate of drug-likeness (QED) is 0.0648. The first kappa shape index (κ1) is 57.7. The first-order valence-corrected chi connectivity index (χ1v) is 26.0. The highest BCUT2D eigenvalue weighted by Crippen LogP contribution is 2.33. The molecule has 0 aliphatic carbocycles. The van der Waals surface area contributed by atoms with E-state index < -0.39 is 42.2 Å². The highest BCUT2D eigenvalue weighted by Gasteiger charge is 2.44. The molecule has 1 aromatic rings. The van der Waals surface area contributed by atoms with Crippen LogP contribution in [0.3, 0.4) is 0 Å². The van der Waals surface area contributed by atoms with Gasteiger partial charge in [-0.15, -0.1) is 0 Å². The summed E-state index contributed by atoms with van der Waals surface area (Å²) in [4.78, 5) is 102. The van der Waals surface area contributed by atoms with Crippen molar-refractivity contribution in [3.8, 4) is 0 Å². The maximum Gasteiger partial charge on any atom is 0.242 e. The zero-order valence-electron chi connectivity index (χ0n) is 42.9. The van der Waals surface area contributed by atoms with Crippen molar-refractivity contribution >= 4 is 52.9 Å². The predicted molar refractivity (Wildman–Crippen MR) is 263 cm³/mol. The molecule has 2 saturated heterocycles. The van der Waals surface area contributed by atoms with Crippen molar-refractivity contribution in [2.24, 2.45) is 35.5 Å². The molecule has 1 aromatic carbocycles. The largest absolute Gasteiger partial charge is 0.388 e. The van der Waals surface area contributed by atoms with Crippen molar-refractivity contribution in [1.82, 2.24) is 19.6 Å². The SMILES string of the molecule is CC[C@H](C)[C@@H]([C@@H](CC(=O)N1CCC[C@H]1[C@H](OC)[C@@H](C)C(=O)CC(C)[C@@H](O)c1ccccc1)OC)N(C)C(=O)[C@@H](CC(=O)[C@H](C(C)C)N(C)C(=O)CCCCCN1C(=O)CC(SC)C1=O)C(C)C. The van der Waals surface area contributed by atoms with Gasteiger partial charge in [0, 0.05) is 78.9 Å². The molecular weight excluding hydrogens is 873 g/mol. The van der Waals surface area contributed by atoms with E-state index in [0.29, 0.717) is 45.2 Å². The molecule has 0 spiro atoms. The summed E-state index contributed by atoms with van der Waals surface area (Å²) >= 11 is 1.38. The lowest BCUT2D eigenvalue weighted by Crippen LogP contribution is -2.54. The van der Waals surface area contributed by atoms with Gasteiger partial charge in [0.15, 0.2) is 5.78 Å². The molecule has 1 N–H and O–H groups in total. The first-order chi connectivity index (χ1) is 31.7. The lowest BCUT2D eigenvalue weighted by molar-refractivity contribution is -0.149.